The molecule has 2 aromatic rings. The summed E-state index contributed by atoms with van der Waals surface area (Å²) < 4.78 is 55.6. The summed E-state index contributed by atoms with van der Waals surface area (Å²) in [6.45, 7) is 1.56. The third kappa shape index (κ3) is 3.04. The van der Waals surface area contributed by atoms with Gasteiger partial charge in [-0.3, -0.25) is 0 Å². The molecule has 2 rings (SSSR count). The van der Waals surface area contributed by atoms with Crippen LogP contribution in [0.3, 0.4) is 0 Å². The Morgan fingerprint density at radius 1 is 1.26 bits per heavy atom. The summed E-state index contributed by atoms with van der Waals surface area (Å²) in [6.07, 6.45) is -4.65. The van der Waals surface area contributed by atoms with E-state index in [4.69, 9.17) is 16.1 Å². The Balaban J connectivity index is 2.47. The molecule has 0 N–H and O–H groups in total. The van der Waals surface area contributed by atoms with E-state index < -0.39 is 22.9 Å². The van der Waals surface area contributed by atoms with E-state index >= 15 is 0 Å². The van der Waals surface area contributed by atoms with Crippen LogP contribution in [0.4, 0.5) is 17.6 Å². The van der Waals surface area contributed by atoms with Gasteiger partial charge in [-0.15, -0.1) is 11.6 Å². The van der Waals surface area contributed by atoms with Gasteiger partial charge >= 0.3 is 6.18 Å². The SMILES string of the molecule is CC(Cl)c1nc(-c2cc(F)cc(C(F)(F)F)c2)no1. The van der Waals surface area contributed by atoms with Gasteiger partial charge in [-0.25, -0.2) is 4.39 Å². The van der Waals surface area contributed by atoms with Gasteiger partial charge in [0.25, 0.3) is 0 Å². The van der Waals surface area contributed by atoms with Crippen LogP contribution in [-0.4, -0.2) is 10.1 Å². The molecule has 19 heavy (non-hydrogen) atoms. The highest BCUT2D eigenvalue weighted by Crippen LogP contribution is 2.32. The van der Waals surface area contributed by atoms with Crippen molar-refractivity contribution in [3.8, 4) is 11.4 Å². The number of hydrogen-bond donors (Lipinski definition) is 0. The zero-order valence-corrected chi connectivity index (χ0v) is 10.3. The van der Waals surface area contributed by atoms with E-state index in [1.807, 2.05) is 0 Å². The van der Waals surface area contributed by atoms with E-state index in [2.05, 4.69) is 10.1 Å². The maximum absolute atomic E-state index is 13.2. The Hall–Kier alpha value is -1.63. The lowest BCUT2D eigenvalue weighted by Gasteiger charge is -2.07. The molecule has 0 saturated heterocycles. The number of benzene rings is 1. The van der Waals surface area contributed by atoms with Crippen LogP contribution in [-0.2, 0) is 6.18 Å². The predicted molar refractivity (Wildman–Crippen MR) is 59.0 cm³/mol. The Morgan fingerprint density at radius 3 is 2.47 bits per heavy atom. The average Bonchev–Trinajstić information content (AvgIpc) is 2.76. The Bertz CT molecular complexity index is 595. The van der Waals surface area contributed by atoms with Crippen molar-refractivity contribution in [1.82, 2.24) is 10.1 Å². The summed E-state index contributed by atoms with van der Waals surface area (Å²) in [7, 11) is 0. The van der Waals surface area contributed by atoms with Gasteiger partial charge in [-0.05, 0) is 25.1 Å². The quantitative estimate of drug-likeness (QED) is 0.615. The first-order valence-corrected chi connectivity index (χ1v) is 5.57. The molecule has 3 nitrogen and oxygen atoms in total. The largest absolute Gasteiger partial charge is 0.416 e. The van der Waals surface area contributed by atoms with Gasteiger partial charge in [0.15, 0.2) is 0 Å². The third-order valence-corrected chi connectivity index (χ3v) is 2.45. The molecule has 1 heterocycles. The number of rotatable bonds is 2. The van der Waals surface area contributed by atoms with E-state index in [-0.39, 0.29) is 17.3 Å². The second-order valence-electron chi connectivity index (χ2n) is 3.80. The zero-order valence-electron chi connectivity index (χ0n) is 9.50. The molecule has 1 atom stereocenters. The van der Waals surface area contributed by atoms with Crippen LogP contribution in [0, 0.1) is 5.82 Å². The Morgan fingerprint density at radius 2 is 1.95 bits per heavy atom. The highest BCUT2D eigenvalue weighted by molar-refractivity contribution is 6.20. The number of alkyl halides is 4. The molecular formula is C11H7ClF4N2O. The van der Waals surface area contributed by atoms with Gasteiger partial charge in [0, 0.05) is 5.56 Å². The lowest BCUT2D eigenvalue weighted by molar-refractivity contribution is -0.137. The van der Waals surface area contributed by atoms with Crippen molar-refractivity contribution in [2.75, 3.05) is 0 Å². The summed E-state index contributed by atoms with van der Waals surface area (Å²) in [4.78, 5) is 3.80. The molecular weight excluding hydrogens is 288 g/mol. The highest BCUT2D eigenvalue weighted by atomic mass is 35.5. The lowest BCUT2D eigenvalue weighted by Crippen LogP contribution is -2.05. The summed E-state index contributed by atoms with van der Waals surface area (Å²) in [5, 5.41) is 2.88. The van der Waals surface area contributed by atoms with Gasteiger partial charge in [0.1, 0.15) is 11.2 Å². The average molecular weight is 295 g/mol. The minimum absolute atomic E-state index is 0.0505. The smallest absolute Gasteiger partial charge is 0.337 e. The molecule has 0 bridgehead atoms. The number of halogens is 5. The summed E-state index contributed by atoms with van der Waals surface area (Å²) >= 11 is 5.69. The molecule has 1 aromatic carbocycles. The monoisotopic (exact) mass is 294 g/mol. The number of aromatic nitrogens is 2. The highest BCUT2D eigenvalue weighted by Gasteiger charge is 2.32. The van der Waals surface area contributed by atoms with Crippen molar-refractivity contribution < 1.29 is 22.1 Å². The van der Waals surface area contributed by atoms with Crippen LogP contribution in [0.2, 0.25) is 0 Å². The van der Waals surface area contributed by atoms with Crippen molar-refractivity contribution in [1.29, 1.82) is 0 Å². The van der Waals surface area contributed by atoms with Gasteiger partial charge in [0.05, 0.1) is 5.56 Å². The second-order valence-corrected chi connectivity index (χ2v) is 4.45. The first-order chi connectivity index (χ1) is 8.77. The van der Waals surface area contributed by atoms with E-state index in [9.17, 15) is 17.6 Å². The first-order valence-electron chi connectivity index (χ1n) is 5.13. The van der Waals surface area contributed by atoms with E-state index in [1.165, 1.54) is 0 Å². The molecule has 0 fully saturated rings. The molecule has 0 saturated carbocycles. The van der Waals surface area contributed by atoms with E-state index in [0.29, 0.717) is 6.07 Å². The van der Waals surface area contributed by atoms with Crippen LogP contribution in [0.1, 0.15) is 23.8 Å². The molecule has 0 spiro atoms. The molecule has 8 heteroatoms. The van der Waals surface area contributed by atoms with Crippen molar-refractivity contribution >= 4 is 11.6 Å². The van der Waals surface area contributed by atoms with Crippen LogP contribution in [0.5, 0.6) is 0 Å². The van der Waals surface area contributed by atoms with E-state index in [0.717, 1.165) is 12.1 Å². The van der Waals surface area contributed by atoms with Gasteiger partial charge in [-0.2, -0.15) is 18.2 Å². The van der Waals surface area contributed by atoms with E-state index in [1.54, 1.807) is 6.92 Å². The minimum Gasteiger partial charge on any atom is -0.337 e. The molecule has 0 radical (unpaired) electrons. The van der Waals surface area contributed by atoms with Crippen LogP contribution in [0.25, 0.3) is 11.4 Å². The lowest BCUT2D eigenvalue weighted by atomic mass is 10.1. The normalized spacial score (nSPS) is 13.6. The fraction of sp³-hybridized carbons (Fsp3) is 0.273. The van der Waals surface area contributed by atoms with Crippen LogP contribution < -0.4 is 0 Å². The fourth-order valence-electron chi connectivity index (χ4n) is 1.40. The molecule has 0 aliphatic heterocycles. The summed E-state index contributed by atoms with van der Waals surface area (Å²) in [5.74, 6) is -1.13. The number of nitrogens with zero attached hydrogens (tertiary/aromatic N) is 2. The van der Waals surface area contributed by atoms with Crippen molar-refractivity contribution in [3.05, 3.63) is 35.5 Å². The Labute approximate surface area is 110 Å². The first kappa shape index (κ1) is 13.8. The molecule has 102 valence electrons. The third-order valence-electron chi connectivity index (χ3n) is 2.27. The molecule has 0 amide bonds. The van der Waals surface area contributed by atoms with Crippen molar-refractivity contribution in [2.45, 2.75) is 18.5 Å². The molecule has 1 aromatic heterocycles. The fourth-order valence-corrected chi connectivity index (χ4v) is 1.49. The predicted octanol–water partition coefficient (Wildman–Crippen LogP) is 4.19. The zero-order chi connectivity index (χ0) is 14.2. The summed E-state index contributed by atoms with van der Waals surface area (Å²) in [6, 6.07) is 2.04. The molecule has 0 aliphatic rings. The van der Waals surface area contributed by atoms with Gasteiger partial charge in [0.2, 0.25) is 11.7 Å². The Kier molecular flexibility index (Phi) is 3.49. The van der Waals surface area contributed by atoms with Gasteiger partial charge in [-0.1, -0.05) is 5.16 Å². The van der Waals surface area contributed by atoms with Crippen molar-refractivity contribution in [3.63, 3.8) is 0 Å². The van der Waals surface area contributed by atoms with Crippen LogP contribution >= 0.6 is 11.6 Å². The maximum atomic E-state index is 13.2. The standard InChI is InChI=1S/C11H7ClF4N2O/c1-5(12)10-17-9(18-19-10)6-2-7(11(14,15)16)4-8(13)3-6/h2-5H,1H3. The topological polar surface area (TPSA) is 38.9 Å². The van der Waals surface area contributed by atoms with Gasteiger partial charge < -0.3 is 4.52 Å². The van der Waals surface area contributed by atoms with Crippen LogP contribution in [0.15, 0.2) is 22.7 Å². The molecule has 1 unspecified atom stereocenters. The molecule has 0 aliphatic carbocycles. The van der Waals surface area contributed by atoms with Crippen molar-refractivity contribution in [2.24, 2.45) is 0 Å². The number of hydrogen-bond acceptors (Lipinski definition) is 3. The summed E-state index contributed by atoms with van der Waals surface area (Å²) in [5.41, 5.74) is -1.24. The minimum atomic E-state index is -4.65. The second kappa shape index (κ2) is 4.80. The maximum Gasteiger partial charge on any atom is 0.416 e.